The minimum absolute atomic E-state index is 0.378. The average molecular weight is 419 g/mol. The molecule has 4 N–H and O–H groups in total. The Hall–Kier alpha value is -2.62. The molecule has 1 amide bonds. The molecule has 1 heterocycles. The van der Waals surface area contributed by atoms with Gasteiger partial charge in [-0.3, -0.25) is 14.9 Å². The van der Waals surface area contributed by atoms with Gasteiger partial charge in [-0.25, -0.2) is 13.8 Å². The Labute approximate surface area is 171 Å². The Bertz CT molecular complexity index is 945. The zero-order chi connectivity index (χ0) is 21.0. The zero-order valence-electron chi connectivity index (χ0n) is 16.6. The second-order valence-corrected chi connectivity index (χ2v) is 8.79. The standard InChI is InChI=1S/C20H26N4O4S/c1-4-28-17-11-9-15(10-12-17)21-19(25)18-14(3)22-23-20(18)29(26,27)24-16-7-5-13(2)6-8-16/h5-12,14,18,20,22-24H,4H2,1-3H3,(H,21,25). The number of carbonyl (C=O) groups is 1. The number of hydrogen-bond acceptors (Lipinski definition) is 6. The highest BCUT2D eigenvalue weighted by molar-refractivity contribution is 7.93. The van der Waals surface area contributed by atoms with Crippen molar-refractivity contribution in [3.63, 3.8) is 0 Å². The number of rotatable bonds is 7. The number of sulfonamides is 1. The first-order valence-corrected chi connectivity index (χ1v) is 11.0. The van der Waals surface area contributed by atoms with E-state index in [0.29, 0.717) is 23.7 Å². The van der Waals surface area contributed by atoms with E-state index in [0.717, 1.165) is 5.56 Å². The van der Waals surface area contributed by atoms with Crippen LogP contribution in [0.15, 0.2) is 48.5 Å². The smallest absolute Gasteiger partial charge is 0.250 e. The van der Waals surface area contributed by atoms with E-state index in [2.05, 4.69) is 20.9 Å². The Morgan fingerprint density at radius 3 is 2.28 bits per heavy atom. The quantitative estimate of drug-likeness (QED) is 0.549. The Morgan fingerprint density at radius 1 is 1.03 bits per heavy atom. The largest absolute Gasteiger partial charge is 0.494 e. The van der Waals surface area contributed by atoms with Crippen LogP contribution >= 0.6 is 0 Å². The van der Waals surface area contributed by atoms with Crippen molar-refractivity contribution >= 4 is 27.3 Å². The molecule has 9 heteroatoms. The van der Waals surface area contributed by atoms with Crippen molar-refractivity contribution in [1.82, 2.24) is 10.9 Å². The molecular formula is C20H26N4O4S. The van der Waals surface area contributed by atoms with E-state index in [4.69, 9.17) is 4.74 Å². The minimum atomic E-state index is -3.86. The van der Waals surface area contributed by atoms with Gasteiger partial charge in [-0.05, 0) is 57.2 Å². The van der Waals surface area contributed by atoms with Crippen LogP contribution in [0.1, 0.15) is 19.4 Å². The molecule has 0 aliphatic carbocycles. The summed E-state index contributed by atoms with van der Waals surface area (Å²) in [6.45, 7) is 6.12. The van der Waals surface area contributed by atoms with Crippen LogP contribution < -0.4 is 25.6 Å². The summed E-state index contributed by atoms with van der Waals surface area (Å²) in [5.41, 5.74) is 7.64. The third-order valence-electron chi connectivity index (χ3n) is 4.70. The number of aryl methyl sites for hydroxylation is 1. The summed E-state index contributed by atoms with van der Waals surface area (Å²) >= 11 is 0. The minimum Gasteiger partial charge on any atom is -0.494 e. The maximum Gasteiger partial charge on any atom is 0.250 e. The van der Waals surface area contributed by atoms with Gasteiger partial charge in [0.15, 0.2) is 5.37 Å². The van der Waals surface area contributed by atoms with Gasteiger partial charge in [0.1, 0.15) is 5.75 Å². The van der Waals surface area contributed by atoms with Crippen molar-refractivity contribution in [3.8, 4) is 5.75 Å². The fourth-order valence-electron chi connectivity index (χ4n) is 3.17. The van der Waals surface area contributed by atoms with E-state index in [1.54, 1.807) is 43.3 Å². The van der Waals surface area contributed by atoms with Gasteiger partial charge in [0.2, 0.25) is 5.91 Å². The number of amides is 1. The molecule has 29 heavy (non-hydrogen) atoms. The summed E-state index contributed by atoms with van der Waals surface area (Å²) in [5, 5.41) is 1.67. The van der Waals surface area contributed by atoms with Crippen LogP contribution in [0.2, 0.25) is 0 Å². The van der Waals surface area contributed by atoms with Gasteiger partial charge in [-0.2, -0.15) is 0 Å². The summed E-state index contributed by atoms with van der Waals surface area (Å²) < 4.78 is 33.8. The van der Waals surface area contributed by atoms with E-state index < -0.39 is 27.2 Å². The van der Waals surface area contributed by atoms with Crippen molar-refractivity contribution in [2.75, 3.05) is 16.6 Å². The molecule has 1 saturated heterocycles. The fourth-order valence-corrected chi connectivity index (χ4v) is 4.73. The molecule has 8 nitrogen and oxygen atoms in total. The molecule has 1 aliphatic rings. The molecule has 0 radical (unpaired) electrons. The van der Waals surface area contributed by atoms with Gasteiger partial charge >= 0.3 is 0 Å². The first kappa shape index (κ1) is 21.1. The maximum atomic E-state index is 12.9. The Balaban J connectivity index is 1.73. The highest BCUT2D eigenvalue weighted by Gasteiger charge is 2.46. The predicted molar refractivity (Wildman–Crippen MR) is 113 cm³/mol. The van der Waals surface area contributed by atoms with Crippen LogP contribution in [-0.2, 0) is 14.8 Å². The van der Waals surface area contributed by atoms with Gasteiger partial charge < -0.3 is 10.1 Å². The monoisotopic (exact) mass is 418 g/mol. The molecule has 1 aliphatic heterocycles. The summed E-state index contributed by atoms with van der Waals surface area (Å²) in [6, 6.07) is 13.6. The summed E-state index contributed by atoms with van der Waals surface area (Å²) in [5.74, 6) is -0.520. The number of benzene rings is 2. The zero-order valence-corrected chi connectivity index (χ0v) is 17.4. The van der Waals surface area contributed by atoms with Crippen LogP contribution in [0, 0.1) is 12.8 Å². The second-order valence-electron chi connectivity index (χ2n) is 6.98. The molecule has 0 aromatic heterocycles. The highest BCUT2D eigenvalue weighted by atomic mass is 32.2. The lowest BCUT2D eigenvalue weighted by Crippen LogP contribution is -2.45. The lowest BCUT2D eigenvalue weighted by Gasteiger charge is -2.21. The lowest BCUT2D eigenvalue weighted by atomic mass is 10.0. The molecule has 3 unspecified atom stereocenters. The van der Waals surface area contributed by atoms with E-state index in [9.17, 15) is 13.2 Å². The number of ether oxygens (including phenoxy) is 1. The summed E-state index contributed by atoms with van der Waals surface area (Å²) in [4.78, 5) is 12.9. The lowest BCUT2D eigenvalue weighted by molar-refractivity contribution is -0.119. The van der Waals surface area contributed by atoms with Crippen molar-refractivity contribution in [3.05, 3.63) is 54.1 Å². The SMILES string of the molecule is CCOc1ccc(NC(=O)C2C(C)NNC2S(=O)(=O)Nc2ccc(C)cc2)cc1. The van der Waals surface area contributed by atoms with E-state index >= 15 is 0 Å². The molecule has 2 aromatic carbocycles. The molecular weight excluding hydrogens is 392 g/mol. The first-order chi connectivity index (χ1) is 13.8. The van der Waals surface area contributed by atoms with E-state index in [-0.39, 0.29) is 6.04 Å². The highest BCUT2D eigenvalue weighted by Crippen LogP contribution is 2.24. The molecule has 0 saturated carbocycles. The number of anilines is 2. The third-order valence-corrected chi connectivity index (χ3v) is 6.30. The predicted octanol–water partition coefficient (Wildman–Crippen LogP) is 2.21. The van der Waals surface area contributed by atoms with E-state index in [1.807, 2.05) is 26.0 Å². The van der Waals surface area contributed by atoms with Crippen molar-refractivity contribution in [1.29, 1.82) is 0 Å². The second kappa shape index (κ2) is 8.81. The third kappa shape index (κ3) is 5.06. The Kier molecular flexibility index (Phi) is 6.41. The molecule has 0 spiro atoms. The summed E-state index contributed by atoms with van der Waals surface area (Å²) in [7, 11) is -3.86. The van der Waals surface area contributed by atoms with Crippen molar-refractivity contribution in [2.24, 2.45) is 5.92 Å². The first-order valence-electron chi connectivity index (χ1n) is 9.43. The van der Waals surface area contributed by atoms with Crippen LogP contribution in [0.3, 0.4) is 0 Å². The number of nitrogens with one attached hydrogen (secondary N) is 4. The van der Waals surface area contributed by atoms with Gasteiger partial charge in [0.25, 0.3) is 10.0 Å². The number of hydrogen-bond donors (Lipinski definition) is 4. The van der Waals surface area contributed by atoms with Crippen LogP contribution in [-0.4, -0.2) is 32.3 Å². The van der Waals surface area contributed by atoms with Gasteiger partial charge in [0.05, 0.1) is 12.5 Å². The van der Waals surface area contributed by atoms with Crippen molar-refractivity contribution < 1.29 is 17.9 Å². The van der Waals surface area contributed by atoms with Crippen LogP contribution in [0.5, 0.6) is 5.75 Å². The fraction of sp³-hybridized carbons (Fsp3) is 0.350. The molecule has 2 aromatic rings. The Morgan fingerprint density at radius 2 is 1.66 bits per heavy atom. The number of carbonyl (C=O) groups excluding carboxylic acids is 1. The molecule has 3 rings (SSSR count). The maximum absolute atomic E-state index is 12.9. The molecule has 0 bridgehead atoms. The molecule has 156 valence electrons. The summed E-state index contributed by atoms with van der Waals surface area (Å²) in [6.07, 6.45) is 0. The van der Waals surface area contributed by atoms with Crippen LogP contribution in [0.4, 0.5) is 11.4 Å². The molecule has 3 atom stereocenters. The number of hydrazine groups is 1. The topological polar surface area (TPSA) is 109 Å². The van der Waals surface area contributed by atoms with Gasteiger partial charge in [-0.15, -0.1) is 0 Å². The van der Waals surface area contributed by atoms with Crippen molar-refractivity contribution in [2.45, 2.75) is 32.2 Å². The van der Waals surface area contributed by atoms with Gasteiger partial charge in [0, 0.05) is 17.4 Å². The van der Waals surface area contributed by atoms with Crippen LogP contribution in [0.25, 0.3) is 0 Å². The molecule has 1 fully saturated rings. The van der Waals surface area contributed by atoms with Gasteiger partial charge in [-0.1, -0.05) is 17.7 Å². The van der Waals surface area contributed by atoms with E-state index in [1.165, 1.54) is 0 Å². The average Bonchev–Trinajstić information content (AvgIpc) is 3.08. The normalized spacial score (nSPS) is 21.6.